The molecule has 0 saturated heterocycles. The van der Waals surface area contributed by atoms with Crippen molar-refractivity contribution in [2.24, 2.45) is 0 Å². The van der Waals surface area contributed by atoms with E-state index in [4.69, 9.17) is 0 Å². The first-order valence-corrected chi connectivity index (χ1v) is 4.14. The van der Waals surface area contributed by atoms with Gasteiger partial charge in [0.2, 0.25) is 0 Å². The summed E-state index contributed by atoms with van der Waals surface area (Å²) in [7, 11) is 0. The summed E-state index contributed by atoms with van der Waals surface area (Å²) in [5.41, 5.74) is 0. The average molecular weight is 157 g/mol. The molecule has 0 aliphatic heterocycles. The molecular formula is Cl2NaO2P. The van der Waals surface area contributed by atoms with Gasteiger partial charge in [-0.3, -0.25) is 0 Å². The summed E-state index contributed by atoms with van der Waals surface area (Å²) in [5, 5.41) is 0. The quantitative estimate of drug-likeness (QED) is 0.299. The van der Waals surface area contributed by atoms with Crippen LogP contribution < -0.4 is 34.5 Å². The number of hydrogen-bond acceptors (Lipinski definition) is 2. The predicted octanol–water partition coefficient (Wildman–Crippen LogP) is -2.06. The minimum atomic E-state index is -3.94. The normalized spacial score (nSPS) is 9.83. The van der Waals surface area contributed by atoms with Gasteiger partial charge in [0.25, 0.3) is 0 Å². The van der Waals surface area contributed by atoms with E-state index in [0.717, 1.165) is 0 Å². The molecule has 0 atom stereocenters. The average Bonchev–Trinajstić information content (AvgIpc) is 0.722. The van der Waals surface area contributed by atoms with Crippen LogP contribution in [0.15, 0.2) is 0 Å². The third-order valence-corrected chi connectivity index (χ3v) is 0. The van der Waals surface area contributed by atoms with E-state index in [1.54, 1.807) is 0 Å². The van der Waals surface area contributed by atoms with Crippen LogP contribution in [-0.4, -0.2) is 0 Å². The van der Waals surface area contributed by atoms with Gasteiger partial charge in [0, 0.05) is 0 Å². The van der Waals surface area contributed by atoms with Gasteiger partial charge in [0.05, 0.1) is 0 Å². The summed E-state index contributed by atoms with van der Waals surface area (Å²) < 4.78 is 9.19. The molecule has 0 bridgehead atoms. The van der Waals surface area contributed by atoms with Crippen LogP contribution in [0.5, 0.6) is 0 Å². The molecule has 0 unspecified atom stereocenters. The third-order valence-electron chi connectivity index (χ3n) is 0. The van der Waals surface area contributed by atoms with E-state index in [2.05, 4.69) is 22.5 Å². The van der Waals surface area contributed by atoms with Crippen molar-refractivity contribution in [3.8, 4) is 0 Å². The Morgan fingerprint density at radius 1 is 1.50 bits per heavy atom. The van der Waals surface area contributed by atoms with Crippen molar-refractivity contribution in [1.29, 1.82) is 0 Å². The van der Waals surface area contributed by atoms with E-state index in [1.165, 1.54) is 0 Å². The van der Waals surface area contributed by atoms with Crippen molar-refractivity contribution in [1.82, 2.24) is 0 Å². The molecule has 0 saturated carbocycles. The van der Waals surface area contributed by atoms with Gasteiger partial charge in [-0.15, -0.1) is 0 Å². The van der Waals surface area contributed by atoms with E-state index >= 15 is 0 Å². The fourth-order valence-electron chi connectivity index (χ4n) is 0. The Bertz CT molecular complexity index is 57.7. The van der Waals surface area contributed by atoms with Crippen molar-refractivity contribution in [3.05, 3.63) is 0 Å². The van der Waals surface area contributed by atoms with Crippen LogP contribution in [0, 0.1) is 0 Å². The van der Waals surface area contributed by atoms with Gasteiger partial charge in [0.1, 0.15) is 0 Å². The van der Waals surface area contributed by atoms with Gasteiger partial charge < -0.3 is 9.46 Å². The molecule has 6 heteroatoms. The summed E-state index contributed by atoms with van der Waals surface area (Å²) in [6.07, 6.45) is -3.94. The smallest absolute Gasteiger partial charge is 0.776 e. The van der Waals surface area contributed by atoms with Gasteiger partial charge in [-0.05, 0) is 0 Å². The summed E-state index contributed by atoms with van der Waals surface area (Å²) in [5.74, 6) is 0. The van der Waals surface area contributed by atoms with E-state index < -0.39 is 6.07 Å². The second kappa shape index (κ2) is 3.73. The van der Waals surface area contributed by atoms with Crippen molar-refractivity contribution < 1.29 is 39.0 Å². The van der Waals surface area contributed by atoms with E-state index in [-0.39, 0.29) is 29.6 Å². The van der Waals surface area contributed by atoms with Gasteiger partial charge in [-0.2, -0.15) is 0 Å². The Balaban J connectivity index is 0. The zero-order chi connectivity index (χ0) is 4.50. The summed E-state index contributed by atoms with van der Waals surface area (Å²) in [6, 6.07) is 0. The molecule has 0 radical (unpaired) electrons. The first-order valence-electron chi connectivity index (χ1n) is 0.703. The number of hydrogen-bond donors (Lipinski definition) is 0. The Morgan fingerprint density at radius 3 is 1.50 bits per heavy atom. The minimum absolute atomic E-state index is 0. The second-order valence-corrected chi connectivity index (χ2v) is 4.43. The van der Waals surface area contributed by atoms with Crippen molar-refractivity contribution >= 4 is 28.6 Å². The van der Waals surface area contributed by atoms with Crippen LogP contribution in [0.4, 0.5) is 0 Å². The molecule has 0 aromatic carbocycles. The van der Waals surface area contributed by atoms with Crippen LogP contribution in [0.3, 0.4) is 0 Å². The SMILES string of the molecule is O=P([O-])(Cl)Cl.[Na+]. The molecule has 0 aliphatic rings. The molecule has 0 aromatic rings. The predicted molar refractivity (Wildman–Crippen MR) is 19.3 cm³/mol. The molecular weight excluding hydrogens is 157 g/mol. The monoisotopic (exact) mass is 156 g/mol. The van der Waals surface area contributed by atoms with Gasteiger partial charge in [-0.1, -0.05) is 22.5 Å². The molecule has 0 rings (SSSR count). The number of rotatable bonds is 0. The Labute approximate surface area is 67.1 Å². The first kappa shape index (κ1) is 10.7. The minimum Gasteiger partial charge on any atom is -0.776 e. The van der Waals surface area contributed by atoms with Crippen LogP contribution in [0.25, 0.3) is 0 Å². The Kier molecular flexibility index (Phi) is 6.66. The van der Waals surface area contributed by atoms with Crippen LogP contribution in [-0.2, 0) is 4.57 Å². The van der Waals surface area contributed by atoms with E-state index in [9.17, 15) is 9.46 Å². The molecule has 0 aliphatic carbocycles. The first-order chi connectivity index (χ1) is 2.00. The zero-order valence-corrected chi connectivity index (χ0v) is 7.43. The largest absolute Gasteiger partial charge is 1.00 e. The van der Waals surface area contributed by atoms with Gasteiger partial charge >= 0.3 is 29.6 Å². The molecule has 0 spiro atoms. The van der Waals surface area contributed by atoms with Gasteiger partial charge in [-0.25, -0.2) is 0 Å². The molecule has 6 heavy (non-hydrogen) atoms. The Hall–Kier alpha value is 1.77. The topological polar surface area (TPSA) is 40.1 Å². The second-order valence-electron chi connectivity index (χ2n) is 0.414. The Morgan fingerprint density at radius 2 is 1.50 bits per heavy atom. The molecule has 2 nitrogen and oxygen atoms in total. The summed E-state index contributed by atoms with van der Waals surface area (Å²) in [6.45, 7) is 0. The fourth-order valence-corrected chi connectivity index (χ4v) is 0. The standard InChI is InChI=1S/Cl2HO2P.Na/c1-5(2,3)4;/h(H,3,4);/q;+1/p-1. The van der Waals surface area contributed by atoms with Crippen molar-refractivity contribution in [3.63, 3.8) is 0 Å². The van der Waals surface area contributed by atoms with Crippen molar-refractivity contribution in [2.45, 2.75) is 0 Å². The molecule has 32 valence electrons. The summed E-state index contributed by atoms with van der Waals surface area (Å²) in [4.78, 5) is 9.19. The third kappa shape index (κ3) is 41.9. The fraction of sp³-hybridized carbons (Fsp3) is 0. The number of halogens is 2. The van der Waals surface area contributed by atoms with Crippen LogP contribution in [0.2, 0.25) is 0 Å². The van der Waals surface area contributed by atoms with Crippen LogP contribution >= 0.6 is 28.6 Å². The zero-order valence-electron chi connectivity index (χ0n) is 3.02. The van der Waals surface area contributed by atoms with Crippen LogP contribution in [0.1, 0.15) is 0 Å². The molecule has 0 N–H and O–H groups in total. The molecule has 0 amide bonds. The van der Waals surface area contributed by atoms with Crippen molar-refractivity contribution in [2.75, 3.05) is 0 Å². The maximum absolute atomic E-state index is 9.19. The van der Waals surface area contributed by atoms with E-state index in [1.807, 2.05) is 0 Å². The molecule has 0 aromatic heterocycles. The maximum Gasteiger partial charge on any atom is 1.00 e. The summed E-state index contributed by atoms with van der Waals surface area (Å²) >= 11 is 8.59. The molecule has 0 heterocycles. The van der Waals surface area contributed by atoms with E-state index in [0.29, 0.717) is 0 Å². The maximum atomic E-state index is 9.19. The van der Waals surface area contributed by atoms with Gasteiger partial charge in [0.15, 0.2) is 6.07 Å². The molecule has 0 fully saturated rings.